The summed E-state index contributed by atoms with van der Waals surface area (Å²) in [7, 11) is 0. The number of ether oxygens (including phenoxy) is 1. The van der Waals surface area contributed by atoms with Crippen LogP contribution in [0.4, 0.5) is 0 Å². The zero-order valence-electron chi connectivity index (χ0n) is 12.9. The second kappa shape index (κ2) is 6.80. The van der Waals surface area contributed by atoms with E-state index in [1.165, 1.54) is 0 Å². The molecule has 0 saturated heterocycles. The molecule has 0 aliphatic carbocycles. The average Bonchev–Trinajstić information content (AvgIpc) is 2.99. The minimum Gasteiger partial charge on any atom is -0.493 e. The normalized spacial score (nSPS) is 11.4. The van der Waals surface area contributed by atoms with Crippen molar-refractivity contribution in [1.82, 2.24) is 9.55 Å². The van der Waals surface area contributed by atoms with Gasteiger partial charge in [-0.1, -0.05) is 30.3 Å². The van der Waals surface area contributed by atoms with E-state index >= 15 is 0 Å². The number of nitrogens with zero attached hydrogens (tertiary/aromatic N) is 3. The largest absolute Gasteiger partial charge is 0.493 e. The van der Waals surface area contributed by atoms with E-state index in [1.807, 2.05) is 66.1 Å². The van der Waals surface area contributed by atoms with Crippen LogP contribution in [-0.4, -0.2) is 16.2 Å². The Morgan fingerprint density at radius 3 is 2.83 bits per heavy atom. The maximum Gasteiger partial charge on any atom is 0.126 e. The van der Waals surface area contributed by atoms with Crippen LogP contribution in [0.25, 0.3) is 17.1 Å². The van der Waals surface area contributed by atoms with Crippen LogP contribution < -0.4 is 4.74 Å². The molecule has 0 radical (unpaired) electrons. The molecule has 0 fully saturated rings. The second-order valence-corrected chi connectivity index (χ2v) is 5.11. The molecule has 3 rings (SSSR count). The maximum atomic E-state index is 9.49. The molecule has 0 aliphatic heterocycles. The Hall–Kier alpha value is -3.06. The van der Waals surface area contributed by atoms with Gasteiger partial charge < -0.3 is 9.30 Å². The van der Waals surface area contributed by atoms with E-state index in [9.17, 15) is 5.26 Å². The molecule has 114 valence electrons. The first kappa shape index (κ1) is 14.9. The van der Waals surface area contributed by atoms with Gasteiger partial charge >= 0.3 is 0 Å². The summed E-state index contributed by atoms with van der Waals surface area (Å²) in [5.74, 6) is 0.790. The molecule has 0 unspecified atom stereocenters. The number of hydrogen-bond donors (Lipinski definition) is 0. The highest BCUT2D eigenvalue weighted by atomic mass is 16.5. The molecule has 23 heavy (non-hydrogen) atoms. The van der Waals surface area contributed by atoms with Gasteiger partial charge in [0.25, 0.3) is 0 Å². The molecule has 2 aromatic carbocycles. The average molecular weight is 303 g/mol. The number of imidazole rings is 1. The standard InChI is InChI=1S/C19H17N3O/c1-2-23-19-10-6-3-7-16(19)11-15(12-20)13-22-14-21-17-8-4-5-9-18(17)22/h3-11,14H,2,13H2,1H3/b15-11-. The highest BCUT2D eigenvalue weighted by Crippen LogP contribution is 2.22. The molecule has 1 aromatic heterocycles. The Balaban J connectivity index is 1.93. The molecular formula is C19H17N3O. The minimum absolute atomic E-state index is 0.484. The molecule has 0 aliphatic rings. The Morgan fingerprint density at radius 1 is 1.22 bits per heavy atom. The fourth-order valence-corrected chi connectivity index (χ4v) is 2.51. The van der Waals surface area contributed by atoms with E-state index in [-0.39, 0.29) is 0 Å². The lowest BCUT2D eigenvalue weighted by Crippen LogP contribution is -1.99. The summed E-state index contributed by atoms with van der Waals surface area (Å²) in [5.41, 5.74) is 3.52. The van der Waals surface area contributed by atoms with Crippen molar-refractivity contribution in [1.29, 1.82) is 5.26 Å². The Bertz CT molecular complexity index is 887. The summed E-state index contributed by atoms with van der Waals surface area (Å²) >= 11 is 0. The first-order valence-electron chi connectivity index (χ1n) is 7.54. The lowest BCUT2D eigenvalue weighted by molar-refractivity contribution is 0.339. The second-order valence-electron chi connectivity index (χ2n) is 5.11. The van der Waals surface area contributed by atoms with Gasteiger partial charge in [0, 0.05) is 5.56 Å². The van der Waals surface area contributed by atoms with Gasteiger partial charge in [-0.2, -0.15) is 5.26 Å². The highest BCUT2D eigenvalue weighted by molar-refractivity contribution is 5.75. The fraction of sp³-hybridized carbons (Fsp3) is 0.158. The minimum atomic E-state index is 0.484. The lowest BCUT2D eigenvalue weighted by atomic mass is 10.1. The predicted molar refractivity (Wildman–Crippen MR) is 90.9 cm³/mol. The molecule has 0 N–H and O–H groups in total. The Morgan fingerprint density at radius 2 is 2.00 bits per heavy atom. The van der Waals surface area contributed by atoms with Crippen molar-refractivity contribution in [2.75, 3.05) is 6.61 Å². The van der Waals surface area contributed by atoms with Crippen molar-refractivity contribution >= 4 is 17.1 Å². The van der Waals surface area contributed by atoms with Crippen LogP contribution in [0.5, 0.6) is 5.75 Å². The molecule has 0 bridgehead atoms. The van der Waals surface area contributed by atoms with Crippen molar-refractivity contribution < 1.29 is 4.74 Å². The zero-order valence-corrected chi connectivity index (χ0v) is 12.9. The van der Waals surface area contributed by atoms with E-state index in [4.69, 9.17) is 4.74 Å². The van der Waals surface area contributed by atoms with E-state index < -0.39 is 0 Å². The van der Waals surface area contributed by atoms with Crippen molar-refractivity contribution in [2.24, 2.45) is 0 Å². The SMILES string of the molecule is CCOc1ccccc1/C=C(/C#N)Cn1cnc2ccccc21. The summed E-state index contributed by atoms with van der Waals surface area (Å²) in [6, 6.07) is 17.9. The van der Waals surface area contributed by atoms with Gasteiger partial charge in [0.2, 0.25) is 0 Å². The summed E-state index contributed by atoms with van der Waals surface area (Å²) in [5, 5.41) is 9.49. The fourth-order valence-electron chi connectivity index (χ4n) is 2.51. The van der Waals surface area contributed by atoms with E-state index in [0.717, 1.165) is 22.3 Å². The van der Waals surface area contributed by atoms with Crippen molar-refractivity contribution in [3.63, 3.8) is 0 Å². The van der Waals surface area contributed by atoms with Crippen molar-refractivity contribution in [2.45, 2.75) is 13.5 Å². The third-order valence-corrected chi connectivity index (χ3v) is 3.56. The maximum absolute atomic E-state index is 9.49. The molecule has 1 heterocycles. The molecule has 0 amide bonds. The van der Waals surface area contributed by atoms with Crippen LogP contribution in [0.15, 0.2) is 60.4 Å². The summed E-state index contributed by atoms with van der Waals surface area (Å²) in [6.45, 7) is 3.03. The van der Waals surface area contributed by atoms with Gasteiger partial charge in [0.15, 0.2) is 0 Å². The predicted octanol–water partition coefficient (Wildman–Crippen LogP) is 4.04. The summed E-state index contributed by atoms with van der Waals surface area (Å²) < 4.78 is 7.59. The molecular weight excluding hydrogens is 286 g/mol. The third kappa shape index (κ3) is 3.24. The first-order valence-corrected chi connectivity index (χ1v) is 7.54. The quantitative estimate of drug-likeness (QED) is 0.668. The van der Waals surface area contributed by atoms with Crippen LogP contribution in [0.1, 0.15) is 12.5 Å². The van der Waals surface area contributed by atoms with Gasteiger partial charge in [-0.25, -0.2) is 4.98 Å². The monoisotopic (exact) mass is 303 g/mol. The Kier molecular flexibility index (Phi) is 4.39. The zero-order chi connectivity index (χ0) is 16.1. The number of nitriles is 1. The Labute approximate surface area is 135 Å². The summed E-state index contributed by atoms with van der Waals surface area (Å²) in [6.07, 6.45) is 3.64. The highest BCUT2D eigenvalue weighted by Gasteiger charge is 2.06. The van der Waals surface area contributed by atoms with Gasteiger partial charge in [-0.3, -0.25) is 0 Å². The molecule has 0 atom stereocenters. The van der Waals surface area contributed by atoms with Crippen LogP contribution in [-0.2, 0) is 6.54 Å². The van der Waals surface area contributed by atoms with Gasteiger partial charge in [0.05, 0.1) is 42.2 Å². The van der Waals surface area contributed by atoms with Crippen LogP contribution in [0.3, 0.4) is 0 Å². The number of para-hydroxylation sites is 3. The van der Waals surface area contributed by atoms with Crippen LogP contribution >= 0.6 is 0 Å². The van der Waals surface area contributed by atoms with E-state index in [1.54, 1.807) is 6.33 Å². The molecule has 4 heteroatoms. The van der Waals surface area contributed by atoms with Crippen LogP contribution in [0.2, 0.25) is 0 Å². The number of allylic oxidation sites excluding steroid dienone is 1. The number of benzene rings is 2. The number of rotatable bonds is 5. The van der Waals surface area contributed by atoms with E-state index in [0.29, 0.717) is 18.7 Å². The topological polar surface area (TPSA) is 50.8 Å². The third-order valence-electron chi connectivity index (χ3n) is 3.56. The number of hydrogen-bond acceptors (Lipinski definition) is 3. The smallest absolute Gasteiger partial charge is 0.126 e. The lowest BCUT2D eigenvalue weighted by Gasteiger charge is -2.08. The number of aromatic nitrogens is 2. The van der Waals surface area contributed by atoms with Crippen LogP contribution in [0, 0.1) is 11.3 Å². The molecule has 4 nitrogen and oxygen atoms in total. The molecule has 0 saturated carbocycles. The van der Waals surface area contributed by atoms with Crippen molar-refractivity contribution in [3.8, 4) is 11.8 Å². The van der Waals surface area contributed by atoms with Gasteiger partial charge in [-0.15, -0.1) is 0 Å². The van der Waals surface area contributed by atoms with Gasteiger partial charge in [-0.05, 0) is 31.2 Å². The molecule has 3 aromatic rings. The first-order chi connectivity index (χ1) is 11.3. The van der Waals surface area contributed by atoms with E-state index in [2.05, 4.69) is 11.1 Å². The molecule has 0 spiro atoms. The summed E-state index contributed by atoms with van der Waals surface area (Å²) in [4.78, 5) is 4.36. The number of fused-ring (bicyclic) bond motifs is 1. The van der Waals surface area contributed by atoms with Crippen molar-refractivity contribution in [3.05, 3.63) is 66.0 Å². The van der Waals surface area contributed by atoms with Gasteiger partial charge in [0.1, 0.15) is 5.75 Å².